The van der Waals surface area contributed by atoms with E-state index in [0.29, 0.717) is 39.4 Å². The Balaban J connectivity index is 1.40. The third-order valence-corrected chi connectivity index (χ3v) is 7.89. The molecule has 36 heavy (non-hydrogen) atoms. The SMILES string of the molecule is O=S(=O)(Nc1cccc(CNc2cc(-c3ccccc3Cl)nc3c(Br)cnn23)c1)c1ccc(Cl)cc1. The molecule has 0 radical (unpaired) electrons. The van der Waals surface area contributed by atoms with Crippen LogP contribution in [0.25, 0.3) is 16.9 Å². The van der Waals surface area contributed by atoms with E-state index in [2.05, 4.69) is 31.1 Å². The average molecular weight is 603 g/mol. The number of halogens is 3. The van der Waals surface area contributed by atoms with Crippen molar-refractivity contribution in [3.63, 3.8) is 0 Å². The van der Waals surface area contributed by atoms with E-state index in [1.54, 1.807) is 28.9 Å². The maximum absolute atomic E-state index is 12.7. The van der Waals surface area contributed by atoms with E-state index in [1.807, 2.05) is 36.4 Å². The van der Waals surface area contributed by atoms with Gasteiger partial charge in [0.05, 0.1) is 21.3 Å². The Morgan fingerprint density at radius 1 is 0.944 bits per heavy atom. The van der Waals surface area contributed by atoms with E-state index in [1.165, 1.54) is 24.3 Å². The number of benzene rings is 3. The summed E-state index contributed by atoms with van der Waals surface area (Å²) in [5.41, 5.74) is 3.45. The van der Waals surface area contributed by atoms with Crippen LogP contribution in [0.4, 0.5) is 11.5 Å². The summed E-state index contributed by atoms with van der Waals surface area (Å²) in [6, 6.07) is 22.5. The summed E-state index contributed by atoms with van der Waals surface area (Å²) < 4.78 is 30.6. The standard InChI is InChI=1S/C25H18BrCl2N5O2S/c26-21-15-30-33-24(13-23(31-25(21)33)20-6-1-2-7-22(20)28)29-14-16-4-3-5-18(12-16)32-36(34,35)19-10-8-17(27)9-11-19/h1-13,15,29,32H,14H2. The summed E-state index contributed by atoms with van der Waals surface area (Å²) in [4.78, 5) is 4.84. The number of hydrogen-bond donors (Lipinski definition) is 2. The third-order valence-electron chi connectivity index (χ3n) is 5.36. The topological polar surface area (TPSA) is 88.4 Å². The Hall–Kier alpha value is -3.11. The van der Waals surface area contributed by atoms with Crippen molar-refractivity contribution < 1.29 is 8.42 Å². The molecule has 2 aromatic heterocycles. The van der Waals surface area contributed by atoms with Gasteiger partial charge >= 0.3 is 0 Å². The highest BCUT2D eigenvalue weighted by Gasteiger charge is 2.15. The smallest absolute Gasteiger partial charge is 0.261 e. The number of aromatic nitrogens is 3. The van der Waals surface area contributed by atoms with Gasteiger partial charge in [-0.1, -0.05) is 53.5 Å². The van der Waals surface area contributed by atoms with Gasteiger partial charge in [-0.2, -0.15) is 9.61 Å². The lowest BCUT2D eigenvalue weighted by atomic mass is 10.1. The van der Waals surface area contributed by atoms with E-state index in [-0.39, 0.29) is 4.90 Å². The Labute approximate surface area is 226 Å². The number of sulfonamides is 1. The van der Waals surface area contributed by atoms with E-state index < -0.39 is 10.0 Å². The predicted molar refractivity (Wildman–Crippen MR) is 147 cm³/mol. The van der Waals surface area contributed by atoms with Crippen LogP contribution < -0.4 is 10.0 Å². The van der Waals surface area contributed by atoms with Crippen LogP contribution in [-0.4, -0.2) is 23.0 Å². The molecule has 5 aromatic rings. The number of nitrogens with zero attached hydrogens (tertiary/aromatic N) is 3. The van der Waals surface area contributed by atoms with Crippen molar-refractivity contribution in [2.45, 2.75) is 11.4 Å². The molecule has 0 unspecified atom stereocenters. The average Bonchev–Trinajstić information content (AvgIpc) is 3.24. The van der Waals surface area contributed by atoms with Gasteiger partial charge in [-0.3, -0.25) is 4.72 Å². The van der Waals surface area contributed by atoms with Gasteiger partial charge in [0.15, 0.2) is 5.65 Å². The van der Waals surface area contributed by atoms with Crippen molar-refractivity contribution in [1.82, 2.24) is 14.6 Å². The molecule has 0 amide bonds. The van der Waals surface area contributed by atoms with Crippen LogP contribution in [0.5, 0.6) is 0 Å². The molecule has 182 valence electrons. The van der Waals surface area contributed by atoms with Gasteiger partial charge in [-0.15, -0.1) is 0 Å². The Bertz CT molecular complexity index is 1670. The monoisotopic (exact) mass is 601 g/mol. The maximum Gasteiger partial charge on any atom is 0.261 e. The summed E-state index contributed by atoms with van der Waals surface area (Å²) in [5, 5.41) is 8.84. The van der Waals surface area contributed by atoms with Gasteiger partial charge in [0.1, 0.15) is 5.82 Å². The Morgan fingerprint density at radius 2 is 1.72 bits per heavy atom. The van der Waals surface area contributed by atoms with E-state index >= 15 is 0 Å². The molecule has 3 aromatic carbocycles. The molecular formula is C25H18BrCl2N5O2S. The first-order chi connectivity index (χ1) is 17.3. The minimum Gasteiger partial charge on any atom is -0.366 e. The lowest BCUT2D eigenvalue weighted by Gasteiger charge is -2.13. The third kappa shape index (κ3) is 5.19. The number of nitrogens with one attached hydrogen (secondary N) is 2. The first kappa shape index (κ1) is 24.6. The molecule has 0 saturated carbocycles. The number of hydrogen-bond acceptors (Lipinski definition) is 5. The van der Waals surface area contributed by atoms with Crippen LogP contribution >= 0.6 is 39.1 Å². The molecule has 0 aliphatic rings. The molecule has 0 bridgehead atoms. The summed E-state index contributed by atoms with van der Waals surface area (Å²) >= 11 is 15.8. The first-order valence-corrected chi connectivity index (χ1v) is 13.7. The minimum atomic E-state index is -3.75. The van der Waals surface area contributed by atoms with E-state index in [4.69, 9.17) is 28.2 Å². The first-order valence-electron chi connectivity index (χ1n) is 10.7. The summed E-state index contributed by atoms with van der Waals surface area (Å²) in [6.45, 7) is 0.412. The van der Waals surface area contributed by atoms with Crippen LogP contribution in [-0.2, 0) is 16.6 Å². The normalized spacial score (nSPS) is 11.5. The lowest BCUT2D eigenvalue weighted by molar-refractivity contribution is 0.601. The Morgan fingerprint density at radius 3 is 2.50 bits per heavy atom. The van der Waals surface area contributed by atoms with Crippen LogP contribution in [0, 0.1) is 0 Å². The molecule has 0 atom stereocenters. The van der Waals surface area contributed by atoms with Crippen LogP contribution in [0.3, 0.4) is 0 Å². The zero-order valence-corrected chi connectivity index (χ0v) is 22.4. The van der Waals surface area contributed by atoms with Crippen LogP contribution in [0.15, 0.2) is 94.4 Å². The second-order valence-electron chi connectivity index (χ2n) is 7.85. The molecule has 0 saturated heterocycles. The molecule has 0 aliphatic carbocycles. The highest BCUT2D eigenvalue weighted by molar-refractivity contribution is 9.10. The highest BCUT2D eigenvalue weighted by Crippen LogP contribution is 2.30. The van der Waals surface area contributed by atoms with Gasteiger partial charge in [-0.05, 0) is 64.0 Å². The fourth-order valence-electron chi connectivity index (χ4n) is 3.63. The molecule has 5 rings (SSSR count). The second-order valence-corrected chi connectivity index (χ2v) is 11.2. The lowest BCUT2D eigenvalue weighted by Crippen LogP contribution is -2.13. The zero-order chi connectivity index (χ0) is 25.3. The fraction of sp³-hybridized carbons (Fsp3) is 0.0400. The van der Waals surface area contributed by atoms with Gasteiger partial charge in [0.2, 0.25) is 0 Å². The van der Waals surface area contributed by atoms with Crippen molar-refractivity contribution in [2.24, 2.45) is 0 Å². The van der Waals surface area contributed by atoms with Crippen LogP contribution in [0.2, 0.25) is 10.0 Å². The molecule has 0 spiro atoms. The van der Waals surface area contributed by atoms with Crippen molar-refractivity contribution in [3.05, 3.63) is 105 Å². The Kier molecular flexibility index (Phi) is 6.90. The number of rotatable bonds is 7. The van der Waals surface area contributed by atoms with Gasteiger partial charge < -0.3 is 5.32 Å². The summed E-state index contributed by atoms with van der Waals surface area (Å²) in [5.74, 6) is 0.702. The van der Waals surface area contributed by atoms with Crippen molar-refractivity contribution in [3.8, 4) is 11.3 Å². The van der Waals surface area contributed by atoms with Gasteiger partial charge in [0, 0.05) is 33.9 Å². The molecular weight excluding hydrogens is 585 g/mol. The van der Waals surface area contributed by atoms with Gasteiger partial charge in [-0.25, -0.2) is 13.4 Å². The molecule has 11 heteroatoms. The van der Waals surface area contributed by atoms with Crippen LogP contribution in [0.1, 0.15) is 5.56 Å². The van der Waals surface area contributed by atoms with Crippen molar-refractivity contribution >= 4 is 66.3 Å². The molecule has 7 nitrogen and oxygen atoms in total. The predicted octanol–water partition coefficient (Wildman–Crippen LogP) is 6.88. The maximum atomic E-state index is 12.7. The quantitative estimate of drug-likeness (QED) is 0.212. The molecule has 0 aliphatic heterocycles. The molecule has 2 heterocycles. The van der Waals surface area contributed by atoms with Crippen molar-refractivity contribution in [1.29, 1.82) is 0 Å². The summed E-state index contributed by atoms with van der Waals surface area (Å²) in [7, 11) is -3.75. The van der Waals surface area contributed by atoms with E-state index in [9.17, 15) is 8.42 Å². The molecule has 0 fully saturated rings. The number of anilines is 2. The molecule has 2 N–H and O–H groups in total. The number of fused-ring (bicyclic) bond motifs is 1. The highest BCUT2D eigenvalue weighted by atomic mass is 79.9. The largest absolute Gasteiger partial charge is 0.366 e. The zero-order valence-electron chi connectivity index (χ0n) is 18.5. The van der Waals surface area contributed by atoms with Crippen molar-refractivity contribution in [2.75, 3.05) is 10.0 Å². The van der Waals surface area contributed by atoms with E-state index in [0.717, 1.165) is 15.6 Å². The van der Waals surface area contributed by atoms with Gasteiger partial charge in [0.25, 0.3) is 10.0 Å². The summed E-state index contributed by atoms with van der Waals surface area (Å²) in [6.07, 6.45) is 1.68. The minimum absolute atomic E-state index is 0.131. The fourth-order valence-corrected chi connectivity index (χ4v) is 5.39. The second kappa shape index (κ2) is 10.1.